The monoisotopic (exact) mass is 502 g/mol. The van der Waals surface area contributed by atoms with Gasteiger partial charge in [0.1, 0.15) is 0 Å². The molecule has 3 fully saturated rings. The predicted octanol–water partition coefficient (Wildman–Crippen LogP) is 5.19. The van der Waals surface area contributed by atoms with Crippen LogP contribution in [-0.2, 0) is 14.8 Å². The van der Waals surface area contributed by atoms with Crippen molar-refractivity contribution in [1.29, 1.82) is 0 Å². The van der Waals surface area contributed by atoms with Gasteiger partial charge in [0.2, 0.25) is 15.9 Å². The van der Waals surface area contributed by atoms with Crippen LogP contribution in [0.5, 0.6) is 0 Å². The van der Waals surface area contributed by atoms with Gasteiger partial charge in [-0.2, -0.15) is 0 Å². The normalized spacial score (nSPS) is 35.1. The second kappa shape index (κ2) is 7.25. The predicted molar refractivity (Wildman–Crippen MR) is 143 cm³/mol. The molecule has 36 heavy (non-hydrogen) atoms. The number of fused-ring (bicyclic) bond motifs is 4. The molecule has 1 amide bonds. The largest absolute Gasteiger partial charge is 0.366 e. The number of para-hydroxylation sites is 1. The van der Waals surface area contributed by atoms with Crippen molar-refractivity contribution in [3.63, 3.8) is 0 Å². The summed E-state index contributed by atoms with van der Waals surface area (Å²) in [6.45, 7) is 4.48. The van der Waals surface area contributed by atoms with Gasteiger partial charge in [0, 0.05) is 23.7 Å². The van der Waals surface area contributed by atoms with Gasteiger partial charge in [-0.1, -0.05) is 62.4 Å². The molecule has 5 aliphatic rings. The molecular weight excluding hydrogens is 468 g/mol. The van der Waals surface area contributed by atoms with E-state index in [-0.39, 0.29) is 40.5 Å². The maximum absolute atomic E-state index is 14.4. The molecule has 6 heteroatoms. The molecule has 3 aliphatic carbocycles. The number of anilines is 1. The first kappa shape index (κ1) is 22.6. The van der Waals surface area contributed by atoms with E-state index in [1.54, 1.807) is 0 Å². The van der Waals surface area contributed by atoms with E-state index >= 15 is 0 Å². The van der Waals surface area contributed by atoms with Gasteiger partial charge >= 0.3 is 0 Å². The van der Waals surface area contributed by atoms with Crippen molar-refractivity contribution in [2.45, 2.75) is 58.0 Å². The third-order valence-corrected chi connectivity index (χ3v) is 12.7. The zero-order valence-electron chi connectivity index (χ0n) is 21.3. The number of rotatable bonds is 2. The molecule has 0 radical (unpaired) electrons. The number of sulfonamides is 1. The minimum absolute atomic E-state index is 0.0434. The van der Waals surface area contributed by atoms with Crippen LogP contribution < -0.4 is 4.90 Å². The number of benzene rings is 2. The van der Waals surface area contributed by atoms with Gasteiger partial charge in [-0.25, -0.2) is 12.7 Å². The maximum atomic E-state index is 14.4. The molecule has 0 unspecified atom stereocenters. The zero-order valence-corrected chi connectivity index (χ0v) is 22.1. The van der Waals surface area contributed by atoms with Gasteiger partial charge in [0.05, 0.1) is 23.8 Å². The molecule has 2 heterocycles. The Hall–Kier alpha value is -2.60. The van der Waals surface area contributed by atoms with Crippen molar-refractivity contribution in [3.05, 3.63) is 65.7 Å². The van der Waals surface area contributed by atoms with Crippen LogP contribution in [0.25, 0.3) is 11.1 Å². The molecular formula is C30H34N2O3S. The van der Waals surface area contributed by atoms with E-state index in [4.69, 9.17) is 0 Å². The van der Waals surface area contributed by atoms with Gasteiger partial charge in [0.25, 0.3) is 0 Å². The van der Waals surface area contributed by atoms with Crippen LogP contribution in [0.2, 0.25) is 0 Å². The van der Waals surface area contributed by atoms with Crippen molar-refractivity contribution in [2.24, 2.45) is 22.7 Å². The van der Waals surface area contributed by atoms with Crippen molar-refractivity contribution < 1.29 is 13.2 Å². The number of likely N-dealkylation sites (N-methyl/N-ethyl adjacent to an activating group) is 1. The third kappa shape index (κ3) is 2.66. The Morgan fingerprint density at radius 1 is 1.00 bits per heavy atom. The van der Waals surface area contributed by atoms with Crippen LogP contribution in [0.4, 0.5) is 5.69 Å². The summed E-state index contributed by atoms with van der Waals surface area (Å²) in [6.07, 6.45) is 4.25. The summed E-state index contributed by atoms with van der Waals surface area (Å²) in [5.74, 6) is 0.0791. The van der Waals surface area contributed by atoms with Gasteiger partial charge < -0.3 is 4.90 Å². The van der Waals surface area contributed by atoms with Gasteiger partial charge in [-0.15, -0.1) is 0 Å². The highest BCUT2D eigenvalue weighted by Crippen LogP contribution is 2.70. The Morgan fingerprint density at radius 2 is 1.72 bits per heavy atom. The average molecular weight is 503 g/mol. The Kier molecular flexibility index (Phi) is 4.55. The van der Waals surface area contributed by atoms with Crippen LogP contribution in [0.15, 0.2) is 54.6 Å². The van der Waals surface area contributed by atoms with Gasteiger partial charge in [-0.05, 0) is 66.2 Å². The fourth-order valence-electron chi connectivity index (χ4n) is 8.86. The molecule has 2 aromatic carbocycles. The smallest absolute Gasteiger partial charge is 0.241 e. The lowest BCUT2D eigenvalue weighted by molar-refractivity contribution is -0.133. The highest BCUT2D eigenvalue weighted by molar-refractivity contribution is 7.90. The molecule has 1 saturated heterocycles. The molecule has 188 valence electrons. The number of hydrogen-bond acceptors (Lipinski definition) is 4. The second-order valence-corrected chi connectivity index (χ2v) is 14.1. The minimum atomic E-state index is -3.64. The van der Waals surface area contributed by atoms with E-state index in [9.17, 15) is 13.2 Å². The van der Waals surface area contributed by atoms with Crippen molar-refractivity contribution in [1.82, 2.24) is 4.31 Å². The number of amides is 1. The van der Waals surface area contributed by atoms with Crippen LogP contribution in [0.1, 0.15) is 57.1 Å². The highest BCUT2D eigenvalue weighted by atomic mass is 32.2. The Labute approximate surface area is 214 Å². The summed E-state index contributed by atoms with van der Waals surface area (Å²) in [6, 6.07) is 18.5. The number of carbonyl (C=O) groups excluding carboxylic acids is 1. The first-order valence-electron chi connectivity index (χ1n) is 13.3. The van der Waals surface area contributed by atoms with E-state index in [1.165, 1.54) is 26.6 Å². The number of carbonyl (C=O) groups is 1. The summed E-state index contributed by atoms with van der Waals surface area (Å²) in [5, 5.41) is 0. The SMILES string of the molecule is CN1c2ccccc2C2=C(c3ccccc3)CC[C@@H](C(=O)N3[C@@H]4C[C@@H]5CC[C@]4(CS3(=O)=O)C5(C)C)[C@H]21. The summed E-state index contributed by atoms with van der Waals surface area (Å²) >= 11 is 0. The highest BCUT2D eigenvalue weighted by Gasteiger charge is 2.72. The third-order valence-electron chi connectivity index (χ3n) is 10.8. The van der Waals surface area contributed by atoms with E-state index in [2.05, 4.69) is 68.3 Å². The lowest BCUT2D eigenvalue weighted by Crippen LogP contribution is -2.51. The first-order valence-corrected chi connectivity index (χ1v) is 14.9. The Balaban J connectivity index is 1.33. The molecule has 2 saturated carbocycles. The number of nitrogens with zero attached hydrogens (tertiary/aromatic N) is 2. The van der Waals surface area contributed by atoms with E-state index in [0.29, 0.717) is 12.3 Å². The van der Waals surface area contributed by atoms with Gasteiger partial charge in [0.15, 0.2) is 0 Å². The lowest BCUT2D eigenvalue weighted by Gasteiger charge is -2.40. The second-order valence-electron chi connectivity index (χ2n) is 12.2. The minimum Gasteiger partial charge on any atom is -0.366 e. The number of hydrogen-bond donors (Lipinski definition) is 0. The summed E-state index contributed by atoms with van der Waals surface area (Å²) in [7, 11) is -1.58. The van der Waals surface area contributed by atoms with E-state index in [0.717, 1.165) is 31.4 Å². The topological polar surface area (TPSA) is 57.7 Å². The molecule has 7 rings (SSSR count). The molecule has 2 aliphatic heterocycles. The maximum Gasteiger partial charge on any atom is 0.241 e. The first-order chi connectivity index (χ1) is 17.2. The molecule has 2 aromatic rings. The van der Waals surface area contributed by atoms with Crippen LogP contribution in [0.3, 0.4) is 0 Å². The van der Waals surface area contributed by atoms with E-state index in [1.807, 2.05) is 12.1 Å². The Bertz CT molecular complexity index is 1410. The molecule has 0 N–H and O–H groups in total. The standard InChI is InChI=1S/C30H34N2O3S/c1-29(2)20-15-16-30(29)18-36(34,35)32(25(30)17-20)28(33)23-14-13-21(19-9-5-4-6-10-19)26-22-11-7-8-12-24(22)31(3)27(23)26/h4-12,20,23,25,27H,13-18H2,1-3H3/t20-,23+,25+,27+,30+/m0/s1. The zero-order chi connectivity index (χ0) is 25.0. The molecule has 0 aromatic heterocycles. The molecule has 1 spiro atoms. The Morgan fingerprint density at radius 3 is 2.47 bits per heavy atom. The van der Waals surface area contributed by atoms with Gasteiger partial charge in [-0.3, -0.25) is 4.79 Å². The molecule has 2 bridgehead atoms. The molecule has 5 atom stereocenters. The quantitative estimate of drug-likeness (QED) is 0.567. The van der Waals surface area contributed by atoms with Crippen LogP contribution >= 0.6 is 0 Å². The van der Waals surface area contributed by atoms with Crippen molar-refractivity contribution in [3.8, 4) is 0 Å². The fourth-order valence-corrected chi connectivity index (χ4v) is 11.4. The van der Waals surface area contributed by atoms with Crippen molar-refractivity contribution >= 4 is 32.8 Å². The van der Waals surface area contributed by atoms with Crippen molar-refractivity contribution in [2.75, 3.05) is 17.7 Å². The number of allylic oxidation sites excluding steroid dienone is 1. The van der Waals surface area contributed by atoms with Crippen LogP contribution in [0, 0.1) is 22.7 Å². The van der Waals surface area contributed by atoms with Crippen LogP contribution in [-0.4, -0.2) is 43.5 Å². The summed E-state index contributed by atoms with van der Waals surface area (Å²) in [5.41, 5.74) is 5.62. The summed E-state index contributed by atoms with van der Waals surface area (Å²) in [4.78, 5) is 16.6. The molecule has 5 nitrogen and oxygen atoms in total. The van der Waals surface area contributed by atoms with E-state index < -0.39 is 10.0 Å². The average Bonchev–Trinajstić information content (AvgIpc) is 3.46. The fraction of sp³-hybridized carbons (Fsp3) is 0.500. The summed E-state index contributed by atoms with van der Waals surface area (Å²) < 4.78 is 28.8. The lowest BCUT2D eigenvalue weighted by atomic mass is 9.69.